The average molecular weight is 374 g/mol. The summed E-state index contributed by atoms with van der Waals surface area (Å²) in [4.78, 5) is 0. The van der Waals surface area contributed by atoms with E-state index in [4.69, 9.17) is 15.9 Å². The number of benzene rings is 3. The number of nitrogens with two attached hydrogens (primary N) is 1. The molecule has 3 aromatic carbocycles. The van der Waals surface area contributed by atoms with Gasteiger partial charge < -0.3 is 15.8 Å². The highest BCUT2D eigenvalue weighted by atomic mass is 16.5. The summed E-state index contributed by atoms with van der Waals surface area (Å²) in [5.74, 6) is 1.10. The summed E-state index contributed by atoms with van der Waals surface area (Å²) in [6, 6.07) is 18.6. The molecule has 0 aliphatic carbocycles. The minimum absolute atomic E-state index is 0.105. The fourth-order valence-corrected chi connectivity index (χ4v) is 4.05. The number of rotatable bonds is 5. The van der Waals surface area contributed by atoms with E-state index in [0.717, 1.165) is 54.4 Å². The Bertz CT molecular complexity index is 1010. The molecule has 1 heterocycles. The molecule has 28 heavy (non-hydrogen) atoms. The van der Waals surface area contributed by atoms with Crippen LogP contribution in [-0.4, -0.2) is 25.0 Å². The van der Waals surface area contributed by atoms with E-state index < -0.39 is 0 Å². The topological polar surface area (TPSA) is 71.1 Å². The summed E-state index contributed by atoms with van der Waals surface area (Å²) >= 11 is 0. The number of fused-ring (bicyclic) bond motifs is 1. The van der Waals surface area contributed by atoms with Gasteiger partial charge in [-0.05, 0) is 60.8 Å². The van der Waals surface area contributed by atoms with Gasteiger partial charge in [-0.15, -0.1) is 0 Å². The van der Waals surface area contributed by atoms with Crippen LogP contribution in [-0.2, 0) is 6.42 Å². The van der Waals surface area contributed by atoms with E-state index in [9.17, 15) is 0 Å². The van der Waals surface area contributed by atoms with Gasteiger partial charge >= 0.3 is 0 Å². The summed E-state index contributed by atoms with van der Waals surface area (Å²) in [6.45, 7) is 4.18. The van der Waals surface area contributed by atoms with Gasteiger partial charge in [-0.2, -0.15) is 0 Å². The molecule has 4 heteroatoms. The number of amidine groups is 1. The maximum atomic E-state index is 7.87. The van der Waals surface area contributed by atoms with Crippen molar-refractivity contribution in [3.8, 4) is 5.75 Å². The van der Waals surface area contributed by atoms with E-state index in [1.807, 2.05) is 24.3 Å². The van der Waals surface area contributed by atoms with Gasteiger partial charge in [0.15, 0.2) is 0 Å². The Hall–Kier alpha value is -2.85. The molecule has 0 saturated carbocycles. The molecule has 1 aliphatic heterocycles. The quantitative estimate of drug-likeness (QED) is 0.465. The molecule has 0 amide bonds. The number of hydrogen-bond donors (Lipinski definition) is 3. The largest absolute Gasteiger partial charge is 0.490 e. The molecule has 0 unspecified atom stereocenters. The maximum absolute atomic E-state index is 7.87. The third-order valence-electron chi connectivity index (χ3n) is 5.62. The first-order valence-electron chi connectivity index (χ1n) is 9.94. The van der Waals surface area contributed by atoms with Crippen molar-refractivity contribution in [3.63, 3.8) is 0 Å². The van der Waals surface area contributed by atoms with Crippen molar-refractivity contribution in [2.45, 2.75) is 32.3 Å². The van der Waals surface area contributed by atoms with Gasteiger partial charge in [0.1, 0.15) is 17.7 Å². The zero-order valence-electron chi connectivity index (χ0n) is 16.3. The number of nitrogen functional groups attached to an aromatic ring is 1. The van der Waals surface area contributed by atoms with Crippen LogP contribution in [0.5, 0.6) is 5.75 Å². The van der Waals surface area contributed by atoms with E-state index >= 15 is 0 Å². The van der Waals surface area contributed by atoms with Gasteiger partial charge in [0.05, 0.1) is 0 Å². The van der Waals surface area contributed by atoms with Crippen molar-refractivity contribution in [2.75, 3.05) is 13.1 Å². The van der Waals surface area contributed by atoms with Crippen LogP contribution in [0.25, 0.3) is 10.8 Å². The molecular weight excluding hydrogens is 346 g/mol. The lowest BCUT2D eigenvalue weighted by atomic mass is 9.93. The summed E-state index contributed by atoms with van der Waals surface area (Å²) in [5, 5.41) is 13.4. The molecule has 1 saturated heterocycles. The van der Waals surface area contributed by atoms with E-state index in [1.165, 1.54) is 16.7 Å². The van der Waals surface area contributed by atoms with Gasteiger partial charge in [0.25, 0.3) is 0 Å². The van der Waals surface area contributed by atoms with Crippen LogP contribution < -0.4 is 15.8 Å². The highest BCUT2D eigenvalue weighted by Gasteiger charge is 2.18. The Morgan fingerprint density at radius 1 is 1.04 bits per heavy atom. The van der Waals surface area contributed by atoms with Crippen LogP contribution in [0.15, 0.2) is 54.6 Å². The van der Waals surface area contributed by atoms with Gasteiger partial charge in [0, 0.05) is 17.5 Å². The Morgan fingerprint density at radius 3 is 2.54 bits per heavy atom. The van der Waals surface area contributed by atoms with Crippen LogP contribution in [0, 0.1) is 12.3 Å². The lowest BCUT2D eigenvalue weighted by molar-refractivity contribution is 0.161. The zero-order valence-corrected chi connectivity index (χ0v) is 16.3. The van der Waals surface area contributed by atoms with Crippen LogP contribution in [0.3, 0.4) is 0 Å². The number of aryl methyl sites for hydroxylation is 1. The van der Waals surface area contributed by atoms with Gasteiger partial charge in [-0.1, -0.05) is 48.5 Å². The van der Waals surface area contributed by atoms with Gasteiger partial charge in [0.2, 0.25) is 0 Å². The molecule has 0 aromatic heterocycles. The molecule has 3 aromatic rings. The molecule has 0 spiro atoms. The van der Waals surface area contributed by atoms with E-state index in [2.05, 4.69) is 42.6 Å². The van der Waals surface area contributed by atoms with Crippen molar-refractivity contribution in [1.82, 2.24) is 5.32 Å². The highest BCUT2D eigenvalue weighted by molar-refractivity contribution is 6.08. The second kappa shape index (κ2) is 8.03. The lowest BCUT2D eigenvalue weighted by Crippen LogP contribution is -2.34. The van der Waals surface area contributed by atoms with Crippen molar-refractivity contribution < 1.29 is 4.74 Å². The fraction of sp³-hybridized carbons (Fsp3) is 0.292. The normalized spacial score (nSPS) is 14.9. The second-order valence-electron chi connectivity index (χ2n) is 7.53. The molecule has 4 nitrogen and oxygen atoms in total. The van der Waals surface area contributed by atoms with E-state index in [1.54, 1.807) is 0 Å². The van der Waals surface area contributed by atoms with E-state index in [-0.39, 0.29) is 11.9 Å². The minimum Gasteiger partial charge on any atom is -0.490 e. The molecular formula is C24H27N3O. The molecule has 4 rings (SSSR count). The fourth-order valence-electron chi connectivity index (χ4n) is 4.05. The van der Waals surface area contributed by atoms with Crippen molar-refractivity contribution in [2.24, 2.45) is 5.73 Å². The summed E-state index contributed by atoms with van der Waals surface area (Å²) in [6.07, 6.45) is 3.16. The molecule has 0 radical (unpaired) electrons. The SMILES string of the molecule is Cc1cccc(OC2CCNCC2)c1Cc1ccc(C(=N)N)c2ccccc12. The van der Waals surface area contributed by atoms with Crippen molar-refractivity contribution in [1.29, 1.82) is 5.41 Å². The highest BCUT2D eigenvalue weighted by Crippen LogP contribution is 2.31. The Morgan fingerprint density at radius 2 is 1.79 bits per heavy atom. The molecule has 1 aliphatic rings. The van der Waals surface area contributed by atoms with Gasteiger partial charge in [-0.3, -0.25) is 5.41 Å². The summed E-state index contributed by atoms with van der Waals surface area (Å²) < 4.78 is 6.42. The molecule has 0 atom stereocenters. The molecule has 4 N–H and O–H groups in total. The van der Waals surface area contributed by atoms with Crippen LogP contribution in [0.4, 0.5) is 0 Å². The molecule has 0 bridgehead atoms. The van der Waals surface area contributed by atoms with Gasteiger partial charge in [-0.25, -0.2) is 0 Å². The predicted octanol–water partition coefficient (Wildman–Crippen LogP) is 4.15. The third-order valence-corrected chi connectivity index (χ3v) is 5.62. The Kier molecular flexibility index (Phi) is 5.31. The Labute approximate surface area is 166 Å². The number of nitrogens with one attached hydrogen (secondary N) is 2. The number of ether oxygens (including phenoxy) is 1. The summed E-state index contributed by atoms with van der Waals surface area (Å²) in [7, 11) is 0. The standard InChI is InChI=1S/C24H27N3O/c1-16-5-4-8-23(28-18-11-13-27-14-12-18)22(16)15-17-9-10-21(24(25)26)20-7-3-2-6-19(17)20/h2-10,18,27H,11-15H2,1H3,(H3,25,26). The van der Waals surface area contributed by atoms with Crippen LogP contribution in [0.1, 0.15) is 35.1 Å². The average Bonchev–Trinajstić information content (AvgIpc) is 2.71. The molecule has 1 fully saturated rings. The first-order chi connectivity index (χ1) is 13.6. The minimum atomic E-state index is 0.105. The number of piperidine rings is 1. The maximum Gasteiger partial charge on any atom is 0.123 e. The number of hydrogen-bond acceptors (Lipinski definition) is 3. The molecule has 144 valence electrons. The van der Waals surface area contributed by atoms with Crippen molar-refractivity contribution in [3.05, 3.63) is 76.9 Å². The first kappa shape index (κ1) is 18.5. The summed E-state index contributed by atoms with van der Waals surface area (Å²) in [5.41, 5.74) is 10.3. The Balaban J connectivity index is 1.71. The second-order valence-corrected chi connectivity index (χ2v) is 7.53. The predicted molar refractivity (Wildman–Crippen MR) is 115 cm³/mol. The smallest absolute Gasteiger partial charge is 0.123 e. The van der Waals surface area contributed by atoms with Crippen molar-refractivity contribution >= 4 is 16.6 Å². The lowest BCUT2D eigenvalue weighted by Gasteiger charge is -2.25. The van der Waals surface area contributed by atoms with Crippen LogP contribution >= 0.6 is 0 Å². The van der Waals surface area contributed by atoms with E-state index in [0.29, 0.717) is 0 Å². The third kappa shape index (κ3) is 3.73. The monoisotopic (exact) mass is 373 g/mol. The van der Waals surface area contributed by atoms with Crippen LogP contribution in [0.2, 0.25) is 0 Å². The zero-order chi connectivity index (χ0) is 19.5. The first-order valence-corrected chi connectivity index (χ1v) is 9.94.